The van der Waals surface area contributed by atoms with Gasteiger partial charge < -0.3 is 9.84 Å². The van der Waals surface area contributed by atoms with Gasteiger partial charge in [-0.15, -0.1) is 0 Å². The number of carbonyl (C=O) groups excluding carboxylic acids is 2. The van der Waals surface area contributed by atoms with E-state index in [-0.39, 0.29) is 46.6 Å². The molecule has 5 aliphatic rings. The van der Waals surface area contributed by atoms with Crippen LogP contribution >= 0.6 is 11.8 Å². The summed E-state index contributed by atoms with van der Waals surface area (Å²) in [7, 11) is 0. The van der Waals surface area contributed by atoms with Crippen LogP contribution in [0.25, 0.3) is 10.8 Å². The molecule has 0 amide bonds. The van der Waals surface area contributed by atoms with Gasteiger partial charge in [0.1, 0.15) is 11.1 Å². The van der Waals surface area contributed by atoms with Crippen molar-refractivity contribution in [2.45, 2.75) is 69.2 Å². The van der Waals surface area contributed by atoms with E-state index in [0.29, 0.717) is 12.3 Å². The highest BCUT2D eigenvalue weighted by Crippen LogP contribution is 2.69. The number of thioether (sulfide) groups is 1. The first-order valence-electron chi connectivity index (χ1n) is 14.0. The largest absolute Gasteiger partial charge is 0.475 e. The molecule has 1 aromatic heterocycles. The van der Waals surface area contributed by atoms with E-state index < -0.39 is 17.1 Å². The van der Waals surface area contributed by atoms with E-state index in [4.69, 9.17) is 9.73 Å². The molecule has 8 atom stereocenters. The summed E-state index contributed by atoms with van der Waals surface area (Å²) in [4.78, 5) is 36.1. The lowest BCUT2D eigenvalue weighted by Crippen LogP contribution is -2.62. The number of benzene rings is 1. The number of hydrogen-bond acceptors (Lipinski definition) is 7. The summed E-state index contributed by atoms with van der Waals surface area (Å²) in [6, 6.07) is 10.1. The highest BCUT2D eigenvalue weighted by atomic mass is 32.2. The standard InChI is InChI=1S/C32H34N2O4S/c1-18-34-32(26(37)17-39-29-22-7-5-4-6-19(22)11-13-33-29)27(38-18)15-24-23-9-8-20-14-21(35)10-12-30(20,2)28(23)25(36)16-31(24,32)3/h4-7,10-14,23-25,27-28,36H,8-9,15-17H2,1-3H3/t23?,24?,25-,27+,28?,30?,31?,32+/m0/s1. The van der Waals surface area contributed by atoms with Crippen LogP contribution in [0.4, 0.5) is 0 Å². The molecule has 39 heavy (non-hydrogen) atoms. The third-order valence-electron chi connectivity index (χ3n) is 10.7. The lowest BCUT2D eigenvalue weighted by Gasteiger charge is -2.59. The molecule has 1 aliphatic heterocycles. The van der Waals surface area contributed by atoms with Gasteiger partial charge in [0.05, 0.1) is 11.9 Å². The minimum atomic E-state index is -1.01. The molecule has 202 valence electrons. The zero-order valence-corrected chi connectivity index (χ0v) is 23.4. The molecule has 5 unspecified atom stereocenters. The van der Waals surface area contributed by atoms with Gasteiger partial charge in [-0.05, 0) is 61.1 Å². The second-order valence-electron chi connectivity index (χ2n) is 12.5. The number of ether oxygens (including phenoxy) is 1. The maximum Gasteiger partial charge on any atom is 0.181 e. The third-order valence-corrected chi connectivity index (χ3v) is 11.7. The van der Waals surface area contributed by atoms with Crippen molar-refractivity contribution in [2.24, 2.45) is 33.6 Å². The molecule has 6 nitrogen and oxygen atoms in total. The smallest absolute Gasteiger partial charge is 0.181 e. The van der Waals surface area contributed by atoms with Crippen LogP contribution in [0.15, 0.2) is 70.3 Å². The Bertz CT molecular complexity index is 1490. The first-order valence-corrected chi connectivity index (χ1v) is 15.0. The minimum Gasteiger partial charge on any atom is -0.475 e. The number of nitrogens with zero attached hydrogens (tertiary/aromatic N) is 2. The Morgan fingerprint density at radius 2 is 2.05 bits per heavy atom. The van der Waals surface area contributed by atoms with Crippen molar-refractivity contribution in [1.29, 1.82) is 0 Å². The van der Waals surface area contributed by atoms with Gasteiger partial charge in [-0.1, -0.05) is 61.5 Å². The zero-order valence-electron chi connectivity index (χ0n) is 22.6. The molecule has 1 aromatic carbocycles. The molecule has 2 heterocycles. The molecule has 0 radical (unpaired) electrons. The van der Waals surface area contributed by atoms with Crippen molar-refractivity contribution < 1.29 is 19.4 Å². The predicted octanol–water partition coefficient (Wildman–Crippen LogP) is 5.34. The average molecular weight is 543 g/mol. The number of carbonyl (C=O) groups is 2. The summed E-state index contributed by atoms with van der Waals surface area (Å²) in [5.74, 6) is 1.33. The van der Waals surface area contributed by atoms with E-state index in [9.17, 15) is 14.7 Å². The van der Waals surface area contributed by atoms with Gasteiger partial charge in [0.25, 0.3) is 0 Å². The highest BCUT2D eigenvalue weighted by molar-refractivity contribution is 8.00. The molecule has 7 rings (SSSR count). The maximum absolute atomic E-state index is 14.4. The van der Waals surface area contributed by atoms with Crippen LogP contribution in [0.2, 0.25) is 0 Å². The lowest BCUT2D eigenvalue weighted by molar-refractivity contribution is -0.141. The SMILES string of the molecule is CC1=N[C@]2(C(=O)CSc3nccc4ccccc34)[C@@H](CC3C4CCC5=CC(=O)C=CC5(C)C4[C@@H](O)CC32C)O1. The fourth-order valence-electron chi connectivity index (χ4n) is 9.14. The summed E-state index contributed by atoms with van der Waals surface area (Å²) in [5.41, 5.74) is -0.749. The van der Waals surface area contributed by atoms with Gasteiger partial charge >= 0.3 is 0 Å². The van der Waals surface area contributed by atoms with Gasteiger partial charge in [0, 0.05) is 35.3 Å². The highest BCUT2D eigenvalue weighted by Gasteiger charge is 2.74. The molecular formula is C32H34N2O4S. The molecule has 7 heteroatoms. The monoisotopic (exact) mass is 542 g/mol. The molecule has 3 saturated carbocycles. The van der Waals surface area contributed by atoms with Crippen molar-refractivity contribution in [2.75, 3.05) is 5.75 Å². The van der Waals surface area contributed by atoms with Gasteiger partial charge in [-0.2, -0.15) is 0 Å². The van der Waals surface area contributed by atoms with E-state index in [0.717, 1.165) is 40.6 Å². The molecule has 2 aromatic rings. The third kappa shape index (κ3) is 3.38. The number of ketones is 2. The van der Waals surface area contributed by atoms with E-state index >= 15 is 0 Å². The van der Waals surface area contributed by atoms with Crippen molar-refractivity contribution in [3.8, 4) is 0 Å². The quantitative estimate of drug-likeness (QED) is 0.525. The number of aromatic nitrogens is 1. The Hall–Kier alpha value is -2.77. The molecule has 0 spiro atoms. The molecular weight excluding hydrogens is 508 g/mol. The fraction of sp³-hybridized carbons (Fsp3) is 0.500. The number of aliphatic hydroxyl groups is 1. The number of allylic oxidation sites excluding steroid dienone is 4. The van der Waals surface area contributed by atoms with Gasteiger partial charge in [0.15, 0.2) is 23.0 Å². The number of pyridine rings is 1. The molecule has 0 saturated heterocycles. The zero-order chi connectivity index (χ0) is 27.2. The molecule has 1 N–H and O–H groups in total. The number of rotatable bonds is 4. The topological polar surface area (TPSA) is 88.9 Å². The maximum atomic E-state index is 14.4. The average Bonchev–Trinajstić information content (AvgIpc) is 3.37. The normalized spacial score (nSPS) is 40.2. The minimum absolute atomic E-state index is 0.00485. The summed E-state index contributed by atoms with van der Waals surface area (Å²) >= 11 is 1.47. The summed E-state index contributed by atoms with van der Waals surface area (Å²) in [6.45, 7) is 6.19. The van der Waals surface area contributed by atoms with Crippen LogP contribution in [-0.2, 0) is 14.3 Å². The summed E-state index contributed by atoms with van der Waals surface area (Å²) < 4.78 is 6.30. The number of hydrogen-bond donors (Lipinski definition) is 1. The Balaban J connectivity index is 1.23. The predicted molar refractivity (Wildman–Crippen MR) is 152 cm³/mol. The first-order chi connectivity index (χ1) is 18.7. The van der Waals surface area contributed by atoms with E-state index in [1.54, 1.807) is 18.3 Å². The van der Waals surface area contributed by atoms with E-state index in [1.807, 2.05) is 37.3 Å². The number of Topliss-reactive ketones (excluding diaryl/α,β-unsaturated/α-hetero) is 1. The first kappa shape index (κ1) is 25.2. The molecule has 4 aliphatic carbocycles. The number of fused-ring (bicyclic) bond motifs is 8. The van der Waals surface area contributed by atoms with Gasteiger partial charge in [0.2, 0.25) is 0 Å². The Labute approximate surface area is 233 Å². The summed E-state index contributed by atoms with van der Waals surface area (Å²) in [5, 5.41) is 14.8. The Morgan fingerprint density at radius 3 is 2.90 bits per heavy atom. The van der Waals surface area contributed by atoms with Crippen LogP contribution < -0.4 is 0 Å². The summed E-state index contributed by atoms with van der Waals surface area (Å²) in [6.07, 6.45) is 9.32. The van der Waals surface area contributed by atoms with Gasteiger partial charge in [-0.3, -0.25) is 9.59 Å². The lowest BCUT2D eigenvalue weighted by atomic mass is 9.46. The van der Waals surface area contributed by atoms with Crippen molar-refractivity contribution in [3.63, 3.8) is 0 Å². The van der Waals surface area contributed by atoms with Crippen LogP contribution in [0.3, 0.4) is 0 Å². The fourth-order valence-corrected chi connectivity index (χ4v) is 10.1. The molecule has 0 bridgehead atoms. The van der Waals surface area contributed by atoms with Crippen molar-refractivity contribution >= 4 is 40.0 Å². The number of aliphatic imine (C=N–C) groups is 1. The van der Waals surface area contributed by atoms with E-state index in [1.165, 1.54) is 11.8 Å². The number of aliphatic hydroxyl groups excluding tert-OH is 1. The second kappa shape index (κ2) is 8.61. The van der Waals surface area contributed by atoms with Gasteiger partial charge in [-0.25, -0.2) is 9.98 Å². The van der Waals surface area contributed by atoms with Crippen molar-refractivity contribution in [1.82, 2.24) is 4.98 Å². The Kier molecular flexibility index (Phi) is 5.57. The van der Waals surface area contributed by atoms with Crippen LogP contribution in [0.1, 0.15) is 46.5 Å². The Morgan fingerprint density at radius 1 is 1.23 bits per heavy atom. The van der Waals surface area contributed by atoms with E-state index in [2.05, 4.69) is 24.9 Å². The second-order valence-corrected chi connectivity index (χ2v) is 13.5. The van der Waals surface area contributed by atoms with Crippen LogP contribution in [0.5, 0.6) is 0 Å². The van der Waals surface area contributed by atoms with Crippen molar-refractivity contribution in [3.05, 3.63) is 60.3 Å². The van der Waals surface area contributed by atoms with Crippen LogP contribution in [-0.4, -0.2) is 51.1 Å². The molecule has 3 fully saturated rings. The van der Waals surface area contributed by atoms with Crippen LogP contribution in [0, 0.1) is 28.6 Å².